The van der Waals surface area contributed by atoms with E-state index in [4.69, 9.17) is 11.6 Å². The molecule has 0 bridgehead atoms. The second-order valence-electron chi connectivity index (χ2n) is 2.69. The molecule has 0 rings (SSSR count). The van der Waals surface area contributed by atoms with Crippen molar-refractivity contribution in [1.29, 1.82) is 0 Å². The molecule has 2 heteroatoms. The first-order chi connectivity index (χ1) is 2.56. The number of rotatable bonds is 0. The van der Waals surface area contributed by atoms with Crippen LogP contribution >= 0.6 is 11.6 Å². The van der Waals surface area contributed by atoms with Crippen LogP contribution < -0.4 is 0 Å². The van der Waals surface area contributed by atoms with Crippen molar-refractivity contribution in [2.45, 2.75) is 20.8 Å². The number of alkyl halides is 1. The van der Waals surface area contributed by atoms with E-state index in [1.165, 1.54) is 0 Å². The van der Waals surface area contributed by atoms with Gasteiger partial charge >= 0.3 is 0 Å². The molecule has 0 fully saturated rings. The molecule has 0 saturated carbocycles. The van der Waals surface area contributed by atoms with Crippen molar-refractivity contribution >= 4 is 11.6 Å². The van der Waals surface area contributed by atoms with Gasteiger partial charge in [-0.2, -0.15) is 0 Å². The summed E-state index contributed by atoms with van der Waals surface area (Å²) in [5, 5.41) is 0. The Labute approximate surface area is 69.8 Å². The topological polar surface area (TPSA) is 0 Å². The fraction of sp³-hybridized carbons (Fsp3) is 1.00. The summed E-state index contributed by atoms with van der Waals surface area (Å²) < 4.78 is 0. The van der Waals surface area contributed by atoms with Gasteiger partial charge in [-0.05, 0) is 5.41 Å². The minimum absolute atomic E-state index is 0. The average Bonchev–Trinajstić information content (AvgIpc) is 1.35. The molecule has 0 aromatic rings. The van der Waals surface area contributed by atoms with E-state index in [9.17, 15) is 0 Å². The van der Waals surface area contributed by atoms with Crippen molar-refractivity contribution in [2.75, 3.05) is 5.88 Å². The van der Waals surface area contributed by atoms with Crippen LogP contribution in [-0.2, 0) is 26.2 Å². The Balaban J connectivity index is 0. The third-order valence-electron chi connectivity index (χ3n) is 0.401. The minimum Gasteiger partial charge on any atom is -0.126 e. The predicted octanol–water partition coefficient (Wildman–Crippen LogP) is 2.27. The molecule has 0 spiro atoms. The van der Waals surface area contributed by atoms with Crippen LogP contribution in [-0.4, -0.2) is 5.88 Å². The van der Waals surface area contributed by atoms with Gasteiger partial charge in [-0.15, -0.1) is 11.6 Å². The Morgan fingerprint density at radius 3 is 1.43 bits per heavy atom. The fourth-order valence-corrected chi connectivity index (χ4v) is 0. The monoisotopic (exact) mass is 196 g/mol. The Bertz CT molecular complexity index is 37.8. The molecule has 0 atom stereocenters. The van der Waals surface area contributed by atoms with Crippen LogP contribution in [0.3, 0.4) is 0 Å². The summed E-state index contributed by atoms with van der Waals surface area (Å²) in [7, 11) is 0. The molecule has 0 saturated heterocycles. The van der Waals surface area contributed by atoms with Crippen LogP contribution in [0.4, 0.5) is 0 Å². The molecule has 7 heavy (non-hydrogen) atoms. The van der Waals surface area contributed by atoms with Crippen LogP contribution in [0.2, 0.25) is 0 Å². The summed E-state index contributed by atoms with van der Waals surface area (Å²) in [6, 6.07) is 0. The molecular formula is C5H11ClZr. The van der Waals surface area contributed by atoms with Crippen molar-refractivity contribution in [3.63, 3.8) is 0 Å². The minimum atomic E-state index is 0. The summed E-state index contributed by atoms with van der Waals surface area (Å²) >= 11 is 5.48. The van der Waals surface area contributed by atoms with E-state index in [1.807, 2.05) is 0 Å². The third kappa shape index (κ3) is 11.0. The van der Waals surface area contributed by atoms with Crippen LogP contribution in [0.15, 0.2) is 0 Å². The zero-order chi connectivity index (χ0) is 5.21. The first-order valence-corrected chi connectivity index (χ1v) is 2.66. The summed E-state index contributed by atoms with van der Waals surface area (Å²) in [6.45, 7) is 6.33. The van der Waals surface area contributed by atoms with Crippen molar-refractivity contribution in [1.82, 2.24) is 0 Å². The van der Waals surface area contributed by atoms with Gasteiger partial charge in [-0.25, -0.2) is 0 Å². The second kappa shape index (κ2) is 4.09. The molecule has 0 amide bonds. The molecule has 42 valence electrons. The van der Waals surface area contributed by atoms with Gasteiger partial charge in [0.2, 0.25) is 0 Å². The molecule has 0 aliphatic carbocycles. The number of halogens is 1. The van der Waals surface area contributed by atoms with Crippen molar-refractivity contribution in [3.8, 4) is 0 Å². The molecule has 0 aliphatic rings. The van der Waals surface area contributed by atoms with E-state index >= 15 is 0 Å². The van der Waals surface area contributed by atoms with Crippen molar-refractivity contribution < 1.29 is 26.2 Å². The Morgan fingerprint density at radius 2 is 1.43 bits per heavy atom. The molecule has 0 heterocycles. The maximum atomic E-state index is 5.48. The van der Waals surface area contributed by atoms with E-state index in [-0.39, 0.29) is 26.2 Å². The predicted molar refractivity (Wildman–Crippen MR) is 30.2 cm³/mol. The summed E-state index contributed by atoms with van der Waals surface area (Å²) in [6.07, 6.45) is 0. The average molecular weight is 198 g/mol. The third-order valence-corrected chi connectivity index (χ3v) is 1.20. The summed E-state index contributed by atoms with van der Waals surface area (Å²) in [5.74, 6) is 0.743. The molecule has 0 aromatic carbocycles. The van der Waals surface area contributed by atoms with Crippen LogP contribution in [0.5, 0.6) is 0 Å². The Kier molecular flexibility index (Phi) is 6.45. The fourth-order valence-electron chi connectivity index (χ4n) is 0. The standard InChI is InChI=1S/C5H11Cl.Zr/c1-5(2,3)4-6;/h4H2,1-3H3;. The van der Waals surface area contributed by atoms with E-state index in [0.29, 0.717) is 5.41 Å². The number of hydrogen-bond donors (Lipinski definition) is 0. The van der Waals surface area contributed by atoms with E-state index in [1.54, 1.807) is 0 Å². The quantitative estimate of drug-likeness (QED) is 0.523. The maximum Gasteiger partial charge on any atom is 0.0272 e. The largest absolute Gasteiger partial charge is 0.126 e. The maximum absolute atomic E-state index is 5.48. The molecule has 0 radical (unpaired) electrons. The Hall–Kier alpha value is 1.17. The first kappa shape index (κ1) is 11.0. The van der Waals surface area contributed by atoms with Gasteiger partial charge in [0.1, 0.15) is 0 Å². The van der Waals surface area contributed by atoms with E-state index in [0.717, 1.165) is 5.88 Å². The summed E-state index contributed by atoms with van der Waals surface area (Å²) in [4.78, 5) is 0. The summed E-state index contributed by atoms with van der Waals surface area (Å²) in [5.41, 5.74) is 0.307. The van der Waals surface area contributed by atoms with E-state index in [2.05, 4.69) is 20.8 Å². The smallest absolute Gasteiger partial charge is 0.0272 e. The Morgan fingerprint density at radius 1 is 1.29 bits per heavy atom. The van der Waals surface area contributed by atoms with Gasteiger partial charge in [-0.1, -0.05) is 20.8 Å². The van der Waals surface area contributed by atoms with Gasteiger partial charge in [-0.3, -0.25) is 0 Å². The van der Waals surface area contributed by atoms with Crippen LogP contribution in [0.1, 0.15) is 20.8 Å². The zero-order valence-electron chi connectivity index (χ0n) is 5.09. The molecule has 0 nitrogen and oxygen atoms in total. The van der Waals surface area contributed by atoms with Crippen molar-refractivity contribution in [2.24, 2.45) is 5.41 Å². The molecule has 0 unspecified atom stereocenters. The van der Waals surface area contributed by atoms with Gasteiger partial charge < -0.3 is 0 Å². The molecular weight excluding hydrogens is 187 g/mol. The van der Waals surface area contributed by atoms with Crippen LogP contribution in [0.25, 0.3) is 0 Å². The first-order valence-electron chi connectivity index (χ1n) is 2.12. The van der Waals surface area contributed by atoms with Crippen molar-refractivity contribution in [3.05, 3.63) is 0 Å². The zero-order valence-corrected chi connectivity index (χ0v) is 8.30. The normalized spacial score (nSPS) is 10.3. The van der Waals surface area contributed by atoms with Gasteiger partial charge in [0.05, 0.1) is 0 Å². The van der Waals surface area contributed by atoms with Gasteiger partial charge in [0.25, 0.3) is 0 Å². The van der Waals surface area contributed by atoms with Crippen LogP contribution in [0, 0.1) is 5.41 Å². The van der Waals surface area contributed by atoms with Gasteiger partial charge in [0, 0.05) is 32.1 Å². The molecule has 0 aliphatic heterocycles. The van der Waals surface area contributed by atoms with E-state index < -0.39 is 0 Å². The molecule has 0 N–H and O–H groups in total. The second-order valence-corrected chi connectivity index (χ2v) is 2.96. The number of hydrogen-bond acceptors (Lipinski definition) is 0. The SMILES string of the molecule is CC(C)(C)CCl.[Zr]. The van der Waals surface area contributed by atoms with Gasteiger partial charge in [0.15, 0.2) is 0 Å². The molecule has 0 aromatic heterocycles.